The first-order valence-electron chi connectivity index (χ1n) is 7.72. The zero-order chi connectivity index (χ0) is 15.8. The Hall–Kier alpha value is -2.76. The Kier molecular flexibility index (Phi) is 3.29. The van der Waals surface area contributed by atoms with Crippen LogP contribution < -0.4 is 20.7 Å². The summed E-state index contributed by atoms with van der Waals surface area (Å²) in [5.41, 5.74) is 1.68. The van der Waals surface area contributed by atoms with Gasteiger partial charge in [-0.15, -0.1) is 0 Å². The molecule has 1 fully saturated rings. The fourth-order valence-corrected chi connectivity index (χ4v) is 3.03. The van der Waals surface area contributed by atoms with E-state index < -0.39 is 0 Å². The van der Waals surface area contributed by atoms with Crippen molar-refractivity contribution >= 4 is 34.0 Å². The van der Waals surface area contributed by atoms with Gasteiger partial charge in [0.25, 0.3) is 0 Å². The lowest BCUT2D eigenvalue weighted by Gasteiger charge is -2.20. The lowest BCUT2D eigenvalue weighted by atomic mass is 10.1. The Labute approximate surface area is 133 Å². The van der Waals surface area contributed by atoms with Crippen molar-refractivity contribution in [1.29, 1.82) is 0 Å². The fourth-order valence-electron chi connectivity index (χ4n) is 3.03. The van der Waals surface area contributed by atoms with E-state index in [0.29, 0.717) is 13.0 Å². The monoisotopic (exact) mass is 311 g/mol. The second kappa shape index (κ2) is 5.46. The second-order valence-corrected chi connectivity index (χ2v) is 5.89. The molecule has 0 spiro atoms. The van der Waals surface area contributed by atoms with Gasteiger partial charge in [0, 0.05) is 11.8 Å². The standard InChI is InChI=1S/C17H17N3O3/c21-16-5-4-11(19-16)9-23-15-3-1-2-10-6-14-13(7-12(10)15)18-8-17(22)20-14/h1-3,6-7,11,18H,4-5,8-9H2,(H,19,21)(H,20,22). The van der Waals surface area contributed by atoms with Gasteiger partial charge in [-0.1, -0.05) is 12.1 Å². The van der Waals surface area contributed by atoms with E-state index >= 15 is 0 Å². The number of carbonyl (C=O) groups excluding carboxylic acids is 2. The Morgan fingerprint density at radius 2 is 2.04 bits per heavy atom. The number of hydrogen-bond donors (Lipinski definition) is 3. The highest BCUT2D eigenvalue weighted by molar-refractivity contribution is 6.05. The first kappa shape index (κ1) is 13.9. The highest BCUT2D eigenvalue weighted by Crippen LogP contribution is 2.35. The summed E-state index contributed by atoms with van der Waals surface area (Å²) in [6.45, 7) is 0.738. The SMILES string of the molecule is O=C1CNc2cc3c(OCC4CCC(=O)N4)cccc3cc2N1. The maximum atomic E-state index is 11.5. The Balaban J connectivity index is 1.62. The molecular formula is C17H17N3O3. The van der Waals surface area contributed by atoms with E-state index in [0.717, 1.165) is 34.3 Å². The van der Waals surface area contributed by atoms with Gasteiger partial charge in [0.05, 0.1) is 24.0 Å². The van der Waals surface area contributed by atoms with Crippen molar-refractivity contribution < 1.29 is 14.3 Å². The number of rotatable bonds is 3. The molecule has 0 bridgehead atoms. The summed E-state index contributed by atoms with van der Waals surface area (Å²) in [5, 5.41) is 10.9. The van der Waals surface area contributed by atoms with Crippen LogP contribution in [-0.2, 0) is 9.59 Å². The third-order valence-electron chi connectivity index (χ3n) is 4.22. The third kappa shape index (κ3) is 2.67. The molecule has 0 aromatic heterocycles. The summed E-state index contributed by atoms with van der Waals surface area (Å²) in [6.07, 6.45) is 1.38. The number of fused-ring (bicyclic) bond motifs is 2. The van der Waals surface area contributed by atoms with E-state index in [1.54, 1.807) is 0 Å². The first-order chi connectivity index (χ1) is 11.2. The van der Waals surface area contributed by atoms with E-state index in [1.165, 1.54) is 0 Å². The van der Waals surface area contributed by atoms with Crippen LogP contribution in [0.5, 0.6) is 5.75 Å². The molecule has 0 radical (unpaired) electrons. The van der Waals surface area contributed by atoms with Crippen LogP contribution in [-0.4, -0.2) is 31.0 Å². The van der Waals surface area contributed by atoms with E-state index in [4.69, 9.17) is 4.74 Å². The number of carbonyl (C=O) groups is 2. The average molecular weight is 311 g/mol. The van der Waals surface area contributed by atoms with Crippen molar-refractivity contribution in [2.75, 3.05) is 23.8 Å². The van der Waals surface area contributed by atoms with Crippen LogP contribution in [0, 0.1) is 0 Å². The van der Waals surface area contributed by atoms with E-state index in [1.807, 2.05) is 30.3 Å². The highest BCUT2D eigenvalue weighted by Gasteiger charge is 2.21. The topological polar surface area (TPSA) is 79.5 Å². The zero-order valence-corrected chi connectivity index (χ0v) is 12.5. The molecule has 1 unspecified atom stereocenters. The van der Waals surface area contributed by atoms with Crippen molar-refractivity contribution in [2.45, 2.75) is 18.9 Å². The van der Waals surface area contributed by atoms with Gasteiger partial charge in [0.1, 0.15) is 12.4 Å². The molecule has 1 atom stereocenters. The van der Waals surface area contributed by atoms with Crippen molar-refractivity contribution in [3.63, 3.8) is 0 Å². The average Bonchev–Trinajstić information content (AvgIpc) is 2.96. The summed E-state index contributed by atoms with van der Waals surface area (Å²) in [6, 6.07) is 9.85. The van der Waals surface area contributed by atoms with Crippen LogP contribution in [0.2, 0.25) is 0 Å². The molecule has 2 heterocycles. The first-order valence-corrected chi connectivity index (χ1v) is 7.72. The molecule has 0 aliphatic carbocycles. The molecule has 0 saturated carbocycles. The molecule has 2 aliphatic rings. The van der Waals surface area contributed by atoms with Crippen LogP contribution in [0.15, 0.2) is 30.3 Å². The number of hydrogen-bond acceptors (Lipinski definition) is 4. The molecule has 2 aromatic rings. The Morgan fingerprint density at radius 3 is 2.87 bits per heavy atom. The summed E-state index contributed by atoms with van der Waals surface area (Å²) in [5.74, 6) is 0.830. The molecule has 3 N–H and O–H groups in total. The number of ether oxygens (including phenoxy) is 1. The largest absolute Gasteiger partial charge is 0.491 e. The molecule has 4 rings (SSSR count). The smallest absolute Gasteiger partial charge is 0.243 e. The van der Waals surface area contributed by atoms with Crippen LogP contribution in [0.4, 0.5) is 11.4 Å². The van der Waals surface area contributed by atoms with Gasteiger partial charge in [0.15, 0.2) is 0 Å². The molecule has 2 aromatic carbocycles. The van der Waals surface area contributed by atoms with Gasteiger partial charge in [-0.3, -0.25) is 9.59 Å². The maximum Gasteiger partial charge on any atom is 0.243 e. The highest BCUT2D eigenvalue weighted by atomic mass is 16.5. The molecule has 118 valence electrons. The van der Waals surface area contributed by atoms with Crippen LogP contribution in [0.3, 0.4) is 0 Å². The van der Waals surface area contributed by atoms with Crippen LogP contribution in [0.25, 0.3) is 10.8 Å². The van der Waals surface area contributed by atoms with Gasteiger partial charge >= 0.3 is 0 Å². The Morgan fingerprint density at radius 1 is 1.13 bits per heavy atom. The molecule has 2 amide bonds. The van der Waals surface area contributed by atoms with E-state index in [9.17, 15) is 9.59 Å². The minimum atomic E-state index is -0.0405. The predicted molar refractivity (Wildman–Crippen MR) is 87.7 cm³/mol. The van der Waals surface area contributed by atoms with Crippen LogP contribution in [0.1, 0.15) is 12.8 Å². The number of nitrogens with one attached hydrogen (secondary N) is 3. The van der Waals surface area contributed by atoms with Gasteiger partial charge in [-0.05, 0) is 30.0 Å². The number of amides is 2. The van der Waals surface area contributed by atoms with Crippen molar-refractivity contribution in [3.8, 4) is 5.75 Å². The molecule has 23 heavy (non-hydrogen) atoms. The van der Waals surface area contributed by atoms with E-state index in [2.05, 4.69) is 16.0 Å². The summed E-state index contributed by atoms with van der Waals surface area (Å²) < 4.78 is 5.93. The number of benzene rings is 2. The van der Waals surface area contributed by atoms with Gasteiger partial charge in [0.2, 0.25) is 11.8 Å². The van der Waals surface area contributed by atoms with Crippen molar-refractivity contribution in [3.05, 3.63) is 30.3 Å². The van der Waals surface area contributed by atoms with Gasteiger partial charge < -0.3 is 20.7 Å². The van der Waals surface area contributed by atoms with Gasteiger partial charge in [-0.2, -0.15) is 0 Å². The van der Waals surface area contributed by atoms with Crippen molar-refractivity contribution in [1.82, 2.24) is 5.32 Å². The maximum absolute atomic E-state index is 11.5. The van der Waals surface area contributed by atoms with Crippen molar-refractivity contribution in [2.24, 2.45) is 0 Å². The van der Waals surface area contributed by atoms with Crippen LogP contribution >= 0.6 is 0 Å². The molecular weight excluding hydrogens is 294 g/mol. The second-order valence-electron chi connectivity index (χ2n) is 5.89. The summed E-state index contributed by atoms with van der Waals surface area (Å²) in [7, 11) is 0. The quantitative estimate of drug-likeness (QED) is 0.808. The minimum absolute atomic E-state index is 0.0405. The molecule has 1 saturated heterocycles. The zero-order valence-electron chi connectivity index (χ0n) is 12.5. The lowest BCUT2D eigenvalue weighted by Crippen LogP contribution is -2.30. The lowest BCUT2D eigenvalue weighted by molar-refractivity contribution is -0.119. The predicted octanol–water partition coefficient (Wildman–Crippen LogP) is 1.86. The fraction of sp³-hybridized carbons (Fsp3) is 0.294. The third-order valence-corrected chi connectivity index (χ3v) is 4.22. The minimum Gasteiger partial charge on any atom is -0.491 e. The molecule has 2 aliphatic heterocycles. The van der Waals surface area contributed by atoms with Gasteiger partial charge in [-0.25, -0.2) is 0 Å². The Bertz CT molecular complexity index is 803. The summed E-state index contributed by atoms with van der Waals surface area (Å²) >= 11 is 0. The normalized spacial score (nSPS) is 19.7. The number of anilines is 2. The molecule has 6 heteroatoms. The summed E-state index contributed by atoms with van der Waals surface area (Å²) in [4.78, 5) is 22.7. The molecule has 6 nitrogen and oxygen atoms in total. The van der Waals surface area contributed by atoms with E-state index in [-0.39, 0.29) is 24.4 Å².